The van der Waals surface area contributed by atoms with E-state index in [1.807, 2.05) is 6.92 Å². The number of carboxylic acids is 1. The van der Waals surface area contributed by atoms with Crippen LogP contribution in [0.1, 0.15) is 18.1 Å². The van der Waals surface area contributed by atoms with Gasteiger partial charge in [0.15, 0.2) is 0 Å². The topological polar surface area (TPSA) is 49.8 Å². The van der Waals surface area contributed by atoms with Crippen LogP contribution in [0.3, 0.4) is 0 Å². The monoisotopic (exact) mass is 281 g/mol. The van der Waals surface area contributed by atoms with E-state index in [1.165, 1.54) is 18.2 Å². The van der Waals surface area contributed by atoms with E-state index in [1.54, 1.807) is 13.2 Å². The molecule has 5 heteroatoms. The molecule has 0 aliphatic heterocycles. The molecule has 0 aliphatic rings. The summed E-state index contributed by atoms with van der Waals surface area (Å²) >= 11 is 0. The number of aliphatic carboxylic acids is 1. The molecule has 1 rings (SSSR count). The predicted molar refractivity (Wildman–Crippen MR) is 75.9 cm³/mol. The van der Waals surface area contributed by atoms with Crippen molar-refractivity contribution in [3.63, 3.8) is 0 Å². The maximum atomic E-state index is 13.5. The standard InChI is InChI=1S/C15H20FNO3/c1-3-17(6-7-20-2)11-13-8-12(4-5-15(18)19)9-14(16)10-13/h4-5,8-10H,3,6-7,11H2,1-2H3,(H,18,19). The number of carbonyl (C=O) groups is 1. The van der Waals surface area contributed by atoms with Gasteiger partial charge in [0.2, 0.25) is 0 Å². The highest BCUT2D eigenvalue weighted by molar-refractivity contribution is 5.85. The first-order valence-corrected chi connectivity index (χ1v) is 6.47. The van der Waals surface area contributed by atoms with Crippen LogP contribution in [-0.2, 0) is 16.1 Å². The molecular weight excluding hydrogens is 261 g/mol. The highest BCUT2D eigenvalue weighted by Crippen LogP contribution is 2.13. The molecule has 0 atom stereocenters. The fourth-order valence-corrected chi connectivity index (χ4v) is 1.86. The smallest absolute Gasteiger partial charge is 0.328 e. The second kappa shape index (κ2) is 8.45. The van der Waals surface area contributed by atoms with Crippen LogP contribution in [0.15, 0.2) is 24.3 Å². The lowest BCUT2D eigenvalue weighted by Gasteiger charge is -2.20. The Labute approximate surface area is 118 Å². The van der Waals surface area contributed by atoms with Crippen molar-refractivity contribution in [2.75, 3.05) is 26.8 Å². The molecule has 0 radical (unpaired) electrons. The molecule has 1 N–H and O–H groups in total. The van der Waals surface area contributed by atoms with Gasteiger partial charge in [0.25, 0.3) is 0 Å². The third kappa shape index (κ3) is 5.95. The Morgan fingerprint density at radius 2 is 2.20 bits per heavy atom. The maximum absolute atomic E-state index is 13.5. The number of carboxylic acid groups (broad SMARTS) is 1. The summed E-state index contributed by atoms with van der Waals surface area (Å²) < 4.78 is 18.6. The Morgan fingerprint density at radius 3 is 2.80 bits per heavy atom. The van der Waals surface area contributed by atoms with Crippen LogP contribution in [0.5, 0.6) is 0 Å². The second-order valence-corrected chi connectivity index (χ2v) is 4.43. The van der Waals surface area contributed by atoms with Crippen LogP contribution in [0.4, 0.5) is 4.39 Å². The zero-order chi connectivity index (χ0) is 15.0. The number of hydrogen-bond donors (Lipinski definition) is 1. The van der Waals surface area contributed by atoms with Crippen LogP contribution in [0, 0.1) is 5.82 Å². The molecule has 0 bridgehead atoms. The van der Waals surface area contributed by atoms with Crippen LogP contribution in [0.2, 0.25) is 0 Å². The van der Waals surface area contributed by atoms with Crippen molar-refractivity contribution in [3.05, 3.63) is 41.2 Å². The van der Waals surface area contributed by atoms with Gasteiger partial charge in [0.1, 0.15) is 5.82 Å². The number of nitrogens with zero attached hydrogens (tertiary/aromatic N) is 1. The zero-order valence-corrected chi connectivity index (χ0v) is 11.8. The van der Waals surface area contributed by atoms with Crippen molar-refractivity contribution in [3.8, 4) is 0 Å². The number of methoxy groups -OCH3 is 1. The van der Waals surface area contributed by atoms with E-state index in [4.69, 9.17) is 9.84 Å². The lowest BCUT2D eigenvalue weighted by atomic mass is 10.1. The van der Waals surface area contributed by atoms with Gasteiger partial charge in [-0.15, -0.1) is 0 Å². The van der Waals surface area contributed by atoms with Crippen molar-refractivity contribution < 1.29 is 19.0 Å². The number of halogens is 1. The van der Waals surface area contributed by atoms with Crippen molar-refractivity contribution >= 4 is 12.0 Å². The van der Waals surface area contributed by atoms with Gasteiger partial charge in [-0.05, 0) is 35.9 Å². The highest BCUT2D eigenvalue weighted by atomic mass is 19.1. The molecule has 0 fully saturated rings. The molecule has 0 heterocycles. The minimum Gasteiger partial charge on any atom is -0.478 e. The van der Waals surface area contributed by atoms with E-state index in [2.05, 4.69) is 4.90 Å². The third-order valence-electron chi connectivity index (χ3n) is 2.86. The largest absolute Gasteiger partial charge is 0.478 e. The molecule has 0 saturated heterocycles. The van der Waals surface area contributed by atoms with Crippen LogP contribution in [0.25, 0.3) is 6.08 Å². The molecule has 0 aromatic heterocycles. The third-order valence-corrected chi connectivity index (χ3v) is 2.86. The van der Waals surface area contributed by atoms with Crippen molar-refractivity contribution in [1.29, 1.82) is 0 Å². The van der Waals surface area contributed by atoms with Gasteiger partial charge in [0, 0.05) is 26.3 Å². The summed E-state index contributed by atoms with van der Waals surface area (Å²) in [5.41, 5.74) is 1.36. The maximum Gasteiger partial charge on any atom is 0.328 e. The zero-order valence-electron chi connectivity index (χ0n) is 11.8. The van der Waals surface area contributed by atoms with Crippen LogP contribution < -0.4 is 0 Å². The van der Waals surface area contributed by atoms with Crippen LogP contribution >= 0.6 is 0 Å². The molecule has 0 aliphatic carbocycles. The van der Waals surface area contributed by atoms with Crippen molar-refractivity contribution in [1.82, 2.24) is 4.90 Å². The molecule has 1 aromatic carbocycles. The van der Waals surface area contributed by atoms with E-state index in [0.717, 1.165) is 24.7 Å². The lowest BCUT2D eigenvalue weighted by molar-refractivity contribution is -0.131. The van der Waals surface area contributed by atoms with Gasteiger partial charge >= 0.3 is 5.97 Å². The SMILES string of the molecule is CCN(CCOC)Cc1cc(F)cc(C=CC(=O)O)c1. The average Bonchev–Trinajstić information content (AvgIpc) is 2.40. The number of likely N-dealkylation sites (N-methyl/N-ethyl adjacent to an activating group) is 1. The summed E-state index contributed by atoms with van der Waals surface area (Å²) in [6.07, 6.45) is 2.39. The average molecular weight is 281 g/mol. The fraction of sp³-hybridized carbons (Fsp3) is 0.400. The van der Waals surface area contributed by atoms with Gasteiger partial charge in [-0.1, -0.05) is 13.0 Å². The molecule has 0 amide bonds. The van der Waals surface area contributed by atoms with E-state index in [9.17, 15) is 9.18 Å². The molecule has 110 valence electrons. The molecular formula is C15H20FNO3. The summed E-state index contributed by atoms with van der Waals surface area (Å²) in [5, 5.41) is 8.59. The Morgan fingerprint density at radius 1 is 1.45 bits per heavy atom. The predicted octanol–water partition coefficient (Wildman–Crippen LogP) is 2.39. The summed E-state index contributed by atoms with van der Waals surface area (Å²) in [6.45, 7) is 4.85. The van der Waals surface area contributed by atoms with Crippen molar-refractivity contribution in [2.45, 2.75) is 13.5 Å². The van der Waals surface area contributed by atoms with E-state index < -0.39 is 5.97 Å². The summed E-state index contributed by atoms with van der Waals surface area (Å²) in [4.78, 5) is 12.6. The van der Waals surface area contributed by atoms with Gasteiger partial charge < -0.3 is 9.84 Å². The summed E-state index contributed by atoms with van der Waals surface area (Å²) in [6, 6.07) is 4.57. The first-order valence-electron chi connectivity index (χ1n) is 6.47. The normalized spacial score (nSPS) is 11.4. The van der Waals surface area contributed by atoms with E-state index >= 15 is 0 Å². The summed E-state index contributed by atoms with van der Waals surface area (Å²) in [5.74, 6) is -1.42. The highest BCUT2D eigenvalue weighted by Gasteiger charge is 2.06. The molecule has 0 unspecified atom stereocenters. The van der Waals surface area contributed by atoms with E-state index in [-0.39, 0.29) is 5.82 Å². The van der Waals surface area contributed by atoms with Gasteiger partial charge in [-0.2, -0.15) is 0 Å². The number of rotatable bonds is 8. The number of hydrogen-bond acceptors (Lipinski definition) is 3. The first-order chi connectivity index (χ1) is 9.55. The number of ether oxygens (including phenoxy) is 1. The quantitative estimate of drug-likeness (QED) is 0.743. The Balaban J connectivity index is 2.81. The van der Waals surface area contributed by atoms with Crippen molar-refractivity contribution in [2.24, 2.45) is 0 Å². The minimum atomic E-state index is -1.05. The number of benzene rings is 1. The molecule has 1 aromatic rings. The molecule has 20 heavy (non-hydrogen) atoms. The molecule has 4 nitrogen and oxygen atoms in total. The summed E-state index contributed by atoms with van der Waals surface area (Å²) in [7, 11) is 1.64. The van der Waals surface area contributed by atoms with Gasteiger partial charge in [0.05, 0.1) is 6.61 Å². The molecule has 0 spiro atoms. The Bertz CT molecular complexity index is 474. The van der Waals surface area contributed by atoms with Gasteiger partial charge in [-0.25, -0.2) is 9.18 Å². The molecule has 0 saturated carbocycles. The lowest BCUT2D eigenvalue weighted by Crippen LogP contribution is -2.26. The fourth-order valence-electron chi connectivity index (χ4n) is 1.86. The first kappa shape index (κ1) is 16.3. The Hall–Kier alpha value is -1.72. The minimum absolute atomic E-state index is 0.365. The second-order valence-electron chi connectivity index (χ2n) is 4.43. The van der Waals surface area contributed by atoms with Crippen LogP contribution in [-0.4, -0.2) is 42.8 Å². The van der Waals surface area contributed by atoms with E-state index in [0.29, 0.717) is 18.7 Å². The van der Waals surface area contributed by atoms with Gasteiger partial charge in [-0.3, -0.25) is 4.90 Å². The Kier molecular flexibility index (Phi) is 6.90.